The van der Waals surface area contributed by atoms with Crippen molar-refractivity contribution in [2.75, 3.05) is 23.8 Å². The number of nitrogens with zero attached hydrogens (tertiary/aromatic N) is 2. The molecule has 27 heavy (non-hydrogen) atoms. The van der Waals surface area contributed by atoms with Gasteiger partial charge in [-0.3, -0.25) is 0 Å². The Kier molecular flexibility index (Phi) is 7.66. The minimum absolute atomic E-state index is 0.576. The number of allylic oxidation sites excluding steroid dienone is 1. The number of rotatable bonds is 10. The summed E-state index contributed by atoms with van der Waals surface area (Å²) in [5.74, 6) is 1.59. The van der Waals surface area contributed by atoms with Crippen molar-refractivity contribution in [3.63, 3.8) is 0 Å². The summed E-state index contributed by atoms with van der Waals surface area (Å²) >= 11 is 0. The number of hydrogen-bond donors (Lipinski definition) is 1. The number of nitrogens with one attached hydrogen (secondary N) is 1. The molecule has 1 aromatic carbocycles. The van der Waals surface area contributed by atoms with Crippen LogP contribution < -0.4 is 10.2 Å². The zero-order valence-electron chi connectivity index (χ0n) is 17.3. The molecule has 0 aliphatic carbocycles. The molecule has 1 unspecified atom stereocenters. The Labute approximate surface area is 164 Å². The first kappa shape index (κ1) is 20.8. The van der Waals surface area contributed by atoms with Crippen LogP contribution in [-0.2, 0) is 6.42 Å². The number of hydrogen-bond acceptors (Lipinski definition) is 3. The molecule has 1 atom stereocenters. The minimum Gasteiger partial charge on any atom is -0.388 e. The maximum atomic E-state index is 4.85. The van der Waals surface area contributed by atoms with Gasteiger partial charge in [0.2, 0.25) is 0 Å². The van der Waals surface area contributed by atoms with Gasteiger partial charge in [0.15, 0.2) is 0 Å². The summed E-state index contributed by atoms with van der Waals surface area (Å²) in [5.41, 5.74) is 6.03. The molecule has 2 aromatic rings. The Morgan fingerprint density at radius 2 is 2.00 bits per heavy atom. The van der Waals surface area contributed by atoms with Crippen LogP contribution in [0.4, 0.5) is 11.5 Å². The van der Waals surface area contributed by atoms with E-state index in [2.05, 4.69) is 68.4 Å². The molecule has 1 heterocycles. The Hall–Kier alpha value is -2.55. The van der Waals surface area contributed by atoms with Crippen LogP contribution in [0, 0.1) is 12.8 Å². The smallest absolute Gasteiger partial charge is 0.135 e. The first-order chi connectivity index (χ1) is 13.1. The fourth-order valence-corrected chi connectivity index (χ4v) is 3.45. The molecular formula is C24H33N3. The molecule has 1 N–H and O–H groups in total. The Balaban J connectivity index is 2.54. The molecule has 0 saturated carbocycles. The second kappa shape index (κ2) is 9.96. The van der Waals surface area contributed by atoms with Crippen LogP contribution >= 0.6 is 0 Å². The summed E-state index contributed by atoms with van der Waals surface area (Å²) in [6.07, 6.45) is 9.03. The van der Waals surface area contributed by atoms with Gasteiger partial charge in [0.1, 0.15) is 5.82 Å². The van der Waals surface area contributed by atoms with Gasteiger partial charge in [-0.1, -0.05) is 32.1 Å². The predicted molar refractivity (Wildman–Crippen MR) is 119 cm³/mol. The monoisotopic (exact) mass is 363 g/mol. The third-order valence-corrected chi connectivity index (χ3v) is 5.20. The Morgan fingerprint density at radius 3 is 2.59 bits per heavy atom. The lowest BCUT2D eigenvalue weighted by atomic mass is 9.92. The van der Waals surface area contributed by atoms with Gasteiger partial charge >= 0.3 is 0 Å². The van der Waals surface area contributed by atoms with Crippen molar-refractivity contribution in [3.05, 3.63) is 67.0 Å². The van der Waals surface area contributed by atoms with Crippen LogP contribution in [0.5, 0.6) is 0 Å². The maximum Gasteiger partial charge on any atom is 0.135 e. The van der Waals surface area contributed by atoms with Crippen LogP contribution in [0.15, 0.2) is 55.9 Å². The molecule has 0 aliphatic heterocycles. The van der Waals surface area contributed by atoms with E-state index in [1.807, 2.05) is 25.5 Å². The van der Waals surface area contributed by atoms with Crippen molar-refractivity contribution in [2.24, 2.45) is 5.92 Å². The lowest BCUT2D eigenvalue weighted by Crippen LogP contribution is -2.19. The molecule has 1 aromatic heterocycles. The minimum atomic E-state index is 0.576. The van der Waals surface area contributed by atoms with Crippen molar-refractivity contribution in [1.29, 1.82) is 0 Å². The van der Waals surface area contributed by atoms with Gasteiger partial charge < -0.3 is 10.2 Å². The number of anilines is 2. The van der Waals surface area contributed by atoms with E-state index >= 15 is 0 Å². The summed E-state index contributed by atoms with van der Waals surface area (Å²) < 4.78 is 0. The predicted octanol–water partition coefficient (Wildman–Crippen LogP) is 6.21. The van der Waals surface area contributed by atoms with Crippen LogP contribution in [0.1, 0.15) is 37.8 Å². The molecule has 0 spiro atoms. The topological polar surface area (TPSA) is 28.2 Å². The first-order valence-corrected chi connectivity index (χ1v) is 9.85. The molecule has 0 bridgehead atoms. The molecule has 0 saturated heterocycles. The first-order valence-electron chi connectivity index (χ1n) is 9.85. The SMILES string of the molecule is C=CCC(CC)Cc1cc(-c2cc(NC)ccc2C)cnc1N(C=C)CC. The number of benzene rings is 1. The second-order valence-electron chi connectivity index (χ2n) is 6.96. The van der Waals surface area contributed by atoms with Gasteiger partial charge in [0.05, 0.1) is 0 Å². The summed E-state index contributed by atoms with van der Waals surface area (Å²) in [4.78, 5) is 6.97. The molecule has 144 valence electrons. The van der Waals surface area contributed by atoms with Gasteiger partial charge in [-0.15, -0.1) is 6.58 Å². The summed E-state index contributed by atoms with van der Waals surface area (Å²) in [7, 11) is 1.95. The fraction of sp³-hybridized carbons (Fsp3) is 0.375. The summed E-state index contributed by atoms with van der Waals surface area (Å²) in [5, 5.41) is 3.23. The molecule has 0 aliphatic rings. The van der Waals surface area contributed by atoms with Gasteiger partial charge in [0.25, 0.3) is 0 Å². The number of aryl methyl sites for hydroxylation is 1. The van der Waals surface area contributed by atoms with Crippen LogP contribution in [0.2, 0.25) is 0 Å². The molecule has 0 fully saturated rings. The van der Waals surface area contributed by atoms with Crippen molar-refractivity contribution < 1.29 is 0 Å². The molecular weight excluding hydrogens is 330 g/mol. The Morgan fingerprint density at radius 1 is 1.22 bits per heavy atom. The standard InChI is InChI=1S/C24H33N3/c1-7-11-19(8-2)14-20-15-21(17-26-24(20)27(9-3)10-4)23-16-22(25-6)13-12-18(23)5/h7,9,12-13,15-17,19,25H,1,3,8,10-11,14H2,2,4-6H3. The number of aromatic nitrogens is 1. The van der Waals surface area contributed by atoms with Crippen molar-refractivity contribution in [2.45, 2.75) is 40.0 Å². The largest absolute Gasteiger partial charge is 0.388 e. The third-order valence-electron chi connectivity index (χ3n) is 5.20. The number of pyridine rings is 1. The molecule has 2 rings (SSSR count). The lowest BCUT2D eigenvalue weighted by molar-refractivity contribution is 0.513. The normalized spacial score (nSPS) is 11.7. The average Bonchev–Trinajstić information content (AvgIpc) is 2.69. The van der Waals surface area contributed by atoms with E-state index in [0.717, 1.165) is 42.9 Å². The van der Waals surface area contributed by atoms with E-state index in [4.69, 9.17) is 4.98 Å². The zero-order chi connectivity index (χ0) is 19.8. The van der Waals surface area contributed by atoms with Crippen molar-refractivity contribution in [3.8, 4) is 11.1 Å². The maximum absolute atomic E-state index is 4.85. The highest BCUT2D eigenvalue weighted by molar-refractivity contribution is 5.73. The average molecular weight is 364 g/mol. The van der Waals surface area contributed by atoms with E-state index in [0.29, 0.717) is 5.92 Å². The Bertz CT molecular complexity index is 779. The van der Waals surface area contributed by atoms with Crippen LogP contribution in [0.25, 0.3) is 11.1 Å². The van der Waals surface area contributed by atoms with E-state index < -0.39 is 0 Å². The van der Waals surface area contributed by atoms with E-state index in [1.165, 1.54) is 16.7 Å². The van der Waals surface area contributed by atoms with Gasteiger partial charge in [-0.05, 0) is 73.7 Å². The summed E-state index contributed by atoms with van der Waals surface area (Å²) in [6, 6.07) is 8.77. The molecule has 3 heteroatoms. The van der Waals surface area contributed by atoms with E-state index in [9.17, 15) is 0 Å². The van der Waals surface area contributed by atoms with Crippen LogP contribution in [-0.4, -0.2) is 18.6 Å². The van der Waals surface area contributed by atoms with E-state index in [1.54, 1.807) is 0 Å². The lowest BCUT2D eigenvalue weighted by Gasteiger charge is -2.23. The highest BCUT2D eigenvalue weighted by atomic mass is 15.2. The third kappa shape index (κ3) is 5.00. The zero-order valence-corrected chi connectivity index (χ0v) is 17.3. The molecule has 3 nitrogen and oxygen atoms in total. The van der Waals surface area contributed by atoms with Crippen LogP contribution in [0.3, 0.4) is 0 Å². The van der Waals surface area contributed by atoms with Gasteiger partial charge in [-0.25, -0.2) is 4.98 Å². The summed E-state index contributed by atoms with van der Waals surface area (Å²) in [6.45, 7) is 15.3. The molecule has 0 radical (unpaired) electrons. The van der Waals surface area contributed by atoms with E-state index in [-0.39, 0.29) is 0 Å². The van der Waals surface area contributed by atoms with Crippen molar-refractivity contribution >= 4 is 11.5 Å². The molecule has 0 amide bonds. The second-order valence-corrected chi connectivity index (χ2v) is 6.96. The van der Waals surface area contributed by atoms with Crippen molar-refractivity contribution in [1.82, 2.24) is 4.98 Å². The highest BCUT2D eigenvalue weighted by Crippen LogP contribution is 2.31. The fourth-order valence-electron chi connectivity index (χ4n) is 3.45. The van der Waals surface area contributed by atoms with Gasteiger partial charge in [-0.2, -0.15) is 0 Å². The highest BCUT2D eigenvalue weighted by Gasteiger charge is 2.16. The quantitative estimate of drug-likeness (QED) is 0.508. The van der Waals surface area contributed by atoms with Gasteiger partial charge in [0, 0.05) is 31.0 Å².